The molecule has 3 aromatic rings. The molecule has 0 amide bonds. The Morgan fingerprint density at radius 3 is 2.64 bits per heavy atom. The molecule has 0 radical (unpaired) electrons. The second kappa shape index (κ2) is 7.70. The van der Waals surface area contributed by atoms with Gasteiger partial charge in [0.05, 0.1) is 17.5 Å². The van der Waals surface area contributed by atoms with Crippen LogP contribution in [0.1, 0.15) is 19.9 Å². The minimum Gasteiger partial charge on any atom is -0.490 e. The maximum absolute atomic E-state index is 13.5. The Morgan fingerprint density at radius 1 is 1.16 bits per heavy atom. The van der Waals surface area contributed by atoms with Crippen molar-refractivity contribution in [2.75, 3.05) is 12.4 Å². The third-order valence-corrected chi connectivity index (χ3v) is 4.62. The van der Waals surface area contributed by atoms with Gasteiger partial charge in [-0.05, 0) is 38.1 Å². The number of thioether (sulfide) groups is 1. The summed E-state index contributed by atoms with van der Waals surface area (Å²) in [6.45, 7) is 4.24. The molecule has 130 valence electrons. The summed E-state index contributed by atoms with van der Waals surface area (Å²) in [6, 6.07) is 13.6. The predicted molar refractivity (Wildman–Crippen MR) is 99.0 cm³/mol. The molecule has 2 aromatic carbocycles. The summed E-state index contributed by atoms with van der Waals surface area (Å²) >= 11 is 1.43. The van der Waals surface area contributed by atoms with Crippen molar-refractivity contribution in [3.05, 3.63) is 64.7 Å². The van der Waals surface area contributed by atoms with Crippen LogP contribution < -0.4 is 10.3 Å². The molecule has 0 spiro atoms. The van der Waals surface area contributed by atoms with Crippen molar-refractivity contribution in [1.29, 1.82) is 0 Å². The maximum atomic E-state index is 13.5. The number of halogens is 1. The van der Waals surface area contributed by atoms with Crippen molar-refractivity contribution >= 4 is 22.7 Å². The quantitative estimate of drug-likeness (QED) is 0.375. The first-order chi connectivity index (χ1) is 12.1. The van der Waals surface area contributed by atoms with E-state index < -0.39 is 0 Å². The minimum atomic E-state index is -0.379. The number of para-hydroxylation sites is 2. The lowest BCUT2D eigenvalue weighted by molar-refractivity contribution is 0.324. The molecule has 0 N–H and O–H groups in total. The van der Waals surface area contributed by atoms with Gasteiger partial charge in [-0.25, -0.2) is 9.37 Å². The van der Waals surface area contributed by atoms with Crippen LogP contribution in [0.15, 0.2) is 58.5 Å². The summed E-state index contributed by atoms with van der Waals surface area (Å²) in [6.07, 6.45) is 0. The molecule has 6 heteroatoms. The molecule has 1 heterocycles. The lowest BCUT2D eigenvalue weighted by atomic mass is 10.2. The third kappa shape index (κ3) is 3.85. The van der Waals surface area contributed by atoms with Crippen LogP contribution in [0.4, 0.5) is 4.39 Å². The van der Waals surface area contributed by atoms with Crippen LogP contribution in [0.5, 0.6) is 5.75 Å². The van der Waals surface area contributed by atoms with E-state index in [9.17, 15) is 9.18 Å². The first kappa shape index (κ1) is 17.5. The molecule has 0 aliphatic rings. The normalized spacial score (nSPS) is 11.2. The number of nitrogens with zero attached hydrogens (tertiary/aromatic N) is 2. The molecular weight excluding hydrogens is 339 g/mol. The van der Waals surface area contributed by atoms with E-state index >= 15 is 0 Å². The smallest absolute Gasteiger partial charge is 0.262 e. The molecule has 25 heavy (non-hydrogen) atoms. The van der Waals surface area contributed by atoms with E-state index in [1.165, 1.54) is 17.8 Å². The SMILES string of the molecule is CC(C)n1c(SCCOc2ccccc2F)nc2ccccc2c1=O. The van der Waals surface area contributed by atoms with Crippen molar-refractivity contribution in [1.82, 2.24) is 9.55 Å². The first-order valence-corrected chi connectivity index (χ1v) is 9.08. The predicted octanol–water partition coefficient (Wildman–Crippen LogP) is 4.29. The van der Waals surface area contributed by atoms with Crippen LogP contribution >= 0.6 is 11.8 Å². The monoisotopic (exact) mass is 358 g/mol. The summed E-state index contributed by atoms with van der Waals surface area (Å²) in [5.41, 5.74) is 0.639. The highest BCUT2D eigenvalue weighted by molar-refractivity contribution is 7.99. The fourth-order valence-electron chi connectivity index (χ4n) is 2.53. The van der Waals surface area contributed by atoms with Gasteiger partial charge in [0.25, 0.3) is 5.56 Å². The largest absolute Gasteiger partial charge is 0.490 e. The number of hydrogen-bond donors (Lipinski definition) is 0. The molecule has 0 atom stereocenters. The molecule has 0 saturated carbocycles. The molecule has 1 aromatic heterocycles. The third-order valence-electron chi connectivity index (χ3n) is 3.70. The zero-order chi connectivity index (χ0) is 17.8. The van der Waals surface area contributed by atoms with E-state index in [0.29, 0.717) is 28.4 Å². The first-order valence-electron chi connectivity index (χ1n) is 8.09. The Morgan fingerprint density at radius 2 is 1.88 bits per heavy atom. The second-order valence-corrected chi connectivity index (χ2v) is 6.87. The Kier molecular flexibility index (Phi) is 5.38. The van der Waals surface area contributed by atoms with Gasteiger partial charge in [0.15, 0.2) is 16.7 Å². The highest BCUT2D eigenvalue weighted by Crippen LogP contribution is 2.21. The van der Waals surface area contributed by atoms with E-state index in [4.69, 9.17) is 4.74 Å². The summed E-state index contributed by atoms with van der Waals surface area (Å²) in [5, 5.41) is 1.26. The van der Waals surface area contributed by atoms with Gasteiger partial charge in [0, 0.05) is 11.8 Å². The van der Waals surface area contributed by atoms with Crippen molar-refractivity contribution in [2.45, 2.75) is 25.0 Å². The number of hydrogen-bond acceptors (Lipinski definition) is 4. The fraction of sp³-hybridized carbons (Fsp3) is 0.263. The number of benzene rings is 2. The Hall–Kier alpha value is -2.34. The summed E-state index contributed by atoms with van der Waals surface area (Å²) in [5.74, 6) is 0.414. The summed E-state index contributed by atoms with van der Waals surface area (Å²) < 4.78 is 20.7. The van der Waals surface area contributed by atoms with Crippen molar-refractivity contribution in [2.24, 2.45) is 0 Å². The van der Waals surface area contributed by atoms with Gasteiger partial charge in [0.1, 0.15) is 0 Å². The topological polar surface area (TPSA) is 44.1 Å². The van der Waals surface area contributed by atoms with Gasteiger partial charge in [-0.1, -0.05) is 36.0 Å². The van der Waals surface area contributed by atoms with Crippen LogP contribution in [-0.2, 0) is 0 Å². The molecule has 0 saturated heterocycles. The van der Waals surface area contributed by atoms with Crippen LogP contribution in [0, 0.1) is 5.82 Å². The standard InChI is InChI=1S/C19H19FN2O2S/c1-13(2)22-18(23)14-7-3-5-9-16(14)21-19(22)25-12-11-24-17-10-6-4-8-15(17)20/h3-10,13H,11-12H2,1-2H3. The molecule has 0 aliphatic carbocycles. The summed E-state index contributed by atoms with van der Waals surface area (Å²) in [4.78, 5) is 17.3. The molecule has 0 bridgehead atoms. The van der Waals surface area contributed by atoms with E-state index in [2.05, 4.69) is 4.98 Å². The Balaban J connectivity index is 1.78. The van der Waals surface area contributed by atoms with Crippen molar-refractivity contribution in [3.63, 3.8) is 0 Å². The van der Waals surface area contributed by atoms with Crippen molar-refractivity contribution in [3.8, 4) is 5.75 Å². The lowest BCUT2D eigenvalue weighted by Crippen LogP contribution is -2.25. The highest BCUT2D eigenvalue weighted by atomic mass is 32.2. The van der Waals surface area contributed by atoms with Gasteiger partial charge in [-0.15, -0.1) is 0 Å². The lowest BCUT2D eigenvalue weighted by Gasteiger charge is -2.16. The van der Waals surface area contributed by atoms with Crippen LogP contribution in [-0.4, -0.2) is 21.9 Å². The maximum Gasteiger partial charge on any atom is 0.262 e. The average molecular weight is 358 g/mol. The van der Waals surface area contributed by atoms with Crippen LogP contribution in [0.3, 0.4) is 0 Å². The number of aromatic nitrogens is 2. The van der Waals surface area contributed by atoms with E-state index in [0.717, 1.165) is 0 Å². The van der Waals surface area contributed by atoms with Gasteiger partial charge in [0.2, 0.25) is 0 Å². The van der Waals surface area contributed by atoms with Crippen LogP contribution in [0.25, 0.3) is 10.9 Å². The number of rotatable bonds is 6. The van der Waals surface area contributed by atoms with E-state index in [1.807, 2.05) is 32.0 Å². The number of fused-ring (bicyclic) bond motifs is 1. The van der Waals surface area contributed by atoms with Gasteiger partial charge in [-0.2, -0.15) is 0 Å². The zero-order valence-corrected chi connectivity index (χ0v) is 14.9. The summed E-state index contributed by atoms with van der Waals surface area (Å²) in [7, 11) is 0. The van der Waals surface area contributed by atoms with Gasteiger partial charge >= 0.3 is 0 Å². The van der Waals surface area contributed by atoms with Crippen LogP contribution in [0.2, 0.25) is 0 Å². The molecular formula is C19H19FN2O2S. The van der Waals surface area contributed by atoms with Gasteiger partial charge in [-0.3, -0.25) is 9.36 Å². The Bertz CT molecular complexity index is 940. The average Bonchev–Trinajstić information content (AvgIpc) is 2.60. The minimum absolute atomic E-state index is 0.000378. The second-order valence-electron chi connectivity index (χ2n) is 5.81. The highest BCUT2D eigenvalue weighted by Gasteiger charge is 2.13. The van der Waals surface area contributed by atoms with Crippen molar-refractivity contribution < 1.29 is 9.13 Å². The molecule has 0 unspecified atom stereocenters. The molecule has 0 aliphatic heterocycles. The molecule has 4 nitrogen and oxygen atoms in total. The molecule has 3 rings (SSSR count). The van der Waals surface area contributed by atoms with E-state index in [1.54, 1.807) is 28.8 Å². The fourth-order valence-corrected chi connectivity index (χ4v) is 3.47. The van der Waals surface area contributed by atoms with E-state index in [-0.39, 0.29) is 23.2 Å². The number of ether oxygens (including phenoxy) is 1. The van der Waals surface area contributed by atoms with Gasteiger partial charge < -0.3 is 4.74 Å². The Labute approximate surface area is 149 Å². The zero-order valence-electron chi connectivity index (χ0n) is 14.1. The molecule has 0 fully saturated rings.